The van der Waals surface area contributed by atoms with Gasteiger partial charge in [0, 0.05) is 13.0 Å². The molecule has 0 saturated carbocycles. The van der Waals surface area contributed by atoms with Crippen molar-refractivity contribution in [3.63, 3.8) is 0 Å². The van der Waals surface area contributed by atoms with E-state index in [0.717, 1.165) is 33.6 Å². The molecule has 8 nitrogen and oxygen atoms in total. The molecule has 5 heterocycles. The zero-order valence-electron chi connectivity index (χ0n) is 18.0. The van der Waals surface area contributed by atoms with Crippen molar-refractivity contribution in [1.82, 2.24) is 34.3 Å². The first-order valence-electron chi connectivity index (χ1n) is 10.3. The number of aromatic nitrogens is 7. The molecule has 0 spiro atoms. The number of aryl methyl sites for hydroxylation is 2. The third-order valence-electron chi connectivity index (χ3n) is 6.14. The van der Waals surface area contributed by atoms with Crippen molar-refractivity contribution in [3.8, 4) is 0 Å². The molecule has 0 bridgehead atoms. The van der Waals surface area contributed by atoms with Crippen LogP contribution in [0.2, 0.25) is 0 Å². The number of nitrogens with one attached hydrogen (secondary N) is 1. The van der Waals surface area contributed by atoms with Crippen LogP contribution in [-0.4, -0.2) is 58.4 Å². The first-order valence-corrected chi connectivity index (χ1v) is 13.1. The number of hydrogen-bond donors (Lipinski definition) is 1. The highest BCUT2D eigenvalue weighted by Gasteiger charge is 2.26. The topological polar surface area (TPSA) is 85.8 Å². The van der Waals surface area contributed by atoms with Crippen LogP contribution in [-0.2, 0) is 7.05 Å². The molecule has 0 radical (unpaired) electrons. The normalized spacial score (nSPS) is 20.3. The number of hydrogen-bond acceptors (Lipinski definition) is 6. The van der Waals surface area contributed by atoms with Crippen molar-refractivity contribution < 1.29 is 0 Å². The molecular formula is C21H28N8S. The summed E-state index contributed by atoms with van der Waals surface area (Å²) in [6, 6.07) is 2.00. The van der Waals surface area contributed by atoms with Crippen LogP contribution >= 0.6 is 10.0 Å². The summed E-state index contributed by atoms with van der Waals surface area (Å²) < 4.78 is 3.67. The SMILES string of the molecule is Cc1cc2ncnn2cc1Nc1ncc2c(n1)c(C1CCCS(C)(C)CC1)nn2C. The minimum absolute atomic E-state index is 0.466. The van der Waals surface area contributed by atoms with Gasteiger partial charge in [-0.15, -0.1) is 0 Å². The summed E-state index contributed by atoms with van der Waals surface area (Å²) in [5, 5.41) is 12.5. The molecule has 9 heteroatoms. The van der Waals surface area contributed by atoms with E-state index in [1.54, 1.807) is 10.8 Å². The van der Waals surface area contributed by atoms with Gasteiger partial charge < -0.3 is 5.32 Å². The fourth-order valence-corrected chi connectivity index (χ4v) is 6.38. The molecule has 0 amide bonds. The van der Waals surface area contributed by atoms with E-state index < -0.39 is 10.0 Å². The molecule has 30 heavy (non-hydrogen) atoms. The quantitative estimate of drug-likeness (QED) is 0.538. The number of nitrogens with zero attached hydrogens (tertiary/aromatic N) is 7. The van der Waals surface area contributed by atoms with E-state index in [-0.39, 0.29) is 0 Å². The van der Waals surface area contributed by atoms with Crippen LogP contribution in [0.4, 0.5) is 11.6 Å². The van der Waals surface area contributed by atoms with E-state index in [1.165, 1.54) is 30.8 Å². The number of rotatable bonds is 3. The van der Waals surface area contributed by atoms with Gasteiger partial charge in [-0.05, 0) is 61.8 Å². The average Bonchev–Trinajstić information content (AvgIpc) is 3.23. The minimum atomic E-state index is -0.466. The van der Waals surface area contributed by atoms with E-state index in [2.05, 4.69) is 32.9 Å². The van der Waals surface area contributed by atoms with Gasteiger partial charge in [-0.1, -0.05) is 0 Å². The lowest BCUT2D eigenvalue weighted by atomic mass is 9.96. The molecule has 1 atom stereocenters. The summed E-state index contributed by atoms with van der Waals surface area (Å²) in [5.41, 5.74) is 5.88. The molecule has 0 aromatic carbocycles. The second-order valence-electron chi connectivity index (χ2n) is 8.80. The predicted molar refractivity (Wildman–Crippen MR) is 123 cm³/mol. The van der Waals surface area contributed by atoms with E-state index in [4.69, 9.17) is 10.1 Å². The molecule has 0 aliphatic carbocycles. The first kappa shape index (κ1) is 19.3. The molecule has 1 unspecified atom stereocenters. The highest BCUT2D eigenvalue weighted by molar-refractivity contribution is 8.32. The Hall–Kier alpha value is -2.68. The fraction of sp³-hybridized carbons (Fsp3) is 0.476. The average molecular weight is 425 g/mol. The Labute approximate surface area is 177 Å². The van der Waals surface area contributed by atoms with Crippen molar-refractivity contribution in [2.24, 2.45) is 7.05 Å². The van der Waals surface area contributed by atoms with Crippen LogP contribution in [0.5, 0.6) is 0 Å². The Kier molecular flexibility index (Phi) is 4.65. The van der Waals surface area contributed by atoms with Gasteiger partial charge in [0.25, 0.3) is 0 Å². The third kappa shape index (κ3) is 3.51. The molecule has 1 aliphatic heterocycles. The Balaban J connectivity index is 1.50. The fourth-order valence-electron chi connectivity index (χ4n) is 4.31. The van der Waals surface area contributed by atoms with Gasteiger partial charge in [0.05, 0.1) is 23.8 Å². The number of anilines is 2. The maximum atomic E-state index is 4.90. The molecule has 1 saturated heterocycles. The van der Waals surface area contributed by atoms with Crippen LogP contribution in [0, 0.1) is 6.92 Å². The number of pyridine rings is 1. The van der Waals surface area contributed by atoms with Crippen molar-refractivity contribution in [3.05, 3.63) is 36.0 Å². The van der Waals surface area contributed by atoms with E-state index >= 15 is 0 Å². The maximum absolute atomic E-state index is 4.90. The van der Waals surface area contributed by atoms with E-state index in [1.807, 2.05) is 37.1 Å². The van der Waals surface area contributed by atoms with Crippen LogP contribution in [0.25, 0.3) is 16.7 Å². The monoisotopic (exact) mass is 424 g/mol. The van der Waals surface area contributed by atoms with Gasteiger partial charge in [0.2, 0.25) is 5.95 Å². The number of fused-ring (bicyclic) bond motifs is 2. The predicted octanol–water partition coefficient (Wildman–Crippen LogP) is 3.79. The van der Waals surface area contributed by atoms with Gasteiger partial charge in [-0.25, -0.2) is 29.5 Å². The lowest BCUT2D eigenvalue weighted by Gasteiger charge is -2.29. The van der Waals surface area contributed by atoms with Crippen LogP contribution in [0.3, 0.4) is 0 Å². The third-order valence-corrected chi connectivity index (χ3v) is 8.88. The first-order chi connectivity index (χ1) is 14.4. The maximum Gasteiger partial charge on any atom is 0.227 e. The highest BCUT2D eigenvalue weighted by Crippen LogP contribution is 2.47. The van der Waals surface area contributed by atoms with Gasteiger partial charge in [0.15, 0.2) is 5.65 Å². The summed E-state index contributed by atoms with van der Waals surface area (Å²) >= 11 is 0. The van der Waals surface area contributed by atoms with Crippen LogP contribution in [0.15, 0.2) is 24.8 Å². The van der Waals surface area contributed by atoms with E-state index in [9.17, 15) is 0 Å². The van der Waals surface area contributed by atoms with Crippen molar-refractivity contribution in [2.45, 2.75) is 32.1 Å². The standard InChI is InChI=1S/C21H28N8S/c1-14-10-18-23-13-24-29(18)12-16(14)25-21-22-11-17-20(26-21)19(27-28(17)2)15-6-5-8-30(3,4)9-7-15/h10-13,15H,5-9H2,1-4H3,(H,22,25,26). The Bertz CT molecular complexity index is 1220. The molecule has 1 aliphatic rings. The van der Waals surface area contributed by atoms with Crippen molar-refractivity contribution in [2.75, 3.05) is 29.3 Å². The summed E-state index contributed by atoms with van der Waals surface area (Å²) in [7, 11) is 1.52. The molecule has 158 valence electrons. The Morgan fingerprint density at radius 1 is 1.17 bits per heavy atom. The second-order valence-corrected chi connectivity index (χ2v) is 13.1. The molecule has 5 rings (SSSR count). The minimum Gasteiger partial charge on any atom is -0.323 e. The van der Waals surface area contributed by atoms with Gasteiger partial charge >= 0.3 is 0 Å². The molecule has 1 N–H and O–H groups in total. The Morgan fingerprint density at radius 2 is 2.03 bits per heavy atom. The van der Waals surface area contributed by atoms with Crippen molar-refractivity contribution in [1.29, 1.82) is 0 Å². The summed E-state index contributed by atoms with van der Waals surface area (Å²) in [4.78, 5) is 13.7. The van der Waals surface area contributed by atoms with Gasteiger partial charge in [0.1, 0.15) is 17.4 Å². The molecule has 1 fully saturated rings. The largest absolute Gasteiger partial charge is 0.323 e. The summed E-state index contributed by atoms with van der Waals surface area (Å²) in [5.74, 6) is 3.72. The highest BCUT2D eigenvalue weighted by atomic mass is 32.3. The van der Waals surface area contributed by atoms with Crippen LogP contribution in [0.1, 0.15) is 36.4 Å². The molecule has 4 aromatic rings. The van der Waals surface area contributed by atoms with Crippen LogP contribution < -0.4 is 5.32 Å². The molecule has 4 aromatic heterocycles. The smallest absolute Gasteiger partial charge is 0.227 e. The lowest BCUT2D eigenvalue weighted by molar-refractivity contribution is 0.586. The zero-order chi connectivity index (χ0) is 20.9. The van der Waals surface area contributed by atoms with E-state index in [0.29, 0.717) is 11.9 Å². The molecular weight excluding hydrogens is 396 g/mol. The Morgan fingerprint density at radius 3 is 2.90 bits per heavy atom. The second kappa shape index (κ2) is 7.23. The van der Waals surface area contributed by atoms with Crippen molar-refractivity contribution >= 4 is 38.3 Å². The van der Waals surface area contributed by atoms with Gasteiger partial charge in [-0.2, -0.15) is 10.2 Å². The lowest BCUT2D eigenvalue weighted by Crippen LogP contribution is -2.05. The summed E-state index contributed by atoms with van der Waals surface area (Å²) in [6.45, 7) is 2.04. The summed E-state index contributed by atoms with van der Waals surface area (Å²) in [6.07, 6.45) is 13.9. The zero-order valence-corrected chi connectivity index (χ0v) is 18.8. The van der Waals surface area contributed by atoms with Gasteiger partial charge in [-0.3, -0.25) is 4.68 Å².